The minimum Gasteiger partial charge on any atom is -0.374 e. The third-order valence-corrected chi connectivity index (χ3v) is 6.98. The summed E-state index contributed by atoms with van der Waals surface area (Å²) in [5.41, 5.74) is 5.58. The molecule has 8 heteroatoms. The van der Waals surface area contributed by atoms with Gasteiger partial charge >= 0.3 is 0 Å². The Morgan fingerprint density at radius 3 is 2.83 bits per heavy atom. The van der Waals surface area contributed by atoms with Crippen molar-refractivity contribution < 1.29 is 4.79 Å². The number of hydrogen-bond acceptors (Lipinski definition) is 7. The number of fused-ring (bicyclic) bond motifs is 4. The number of anilines is 1. The van der Waals surface area contributed by atoms with E-state index in [-0.39, 0.29) is 5.91 Å². The van der Waals surface area contributed by atoms with Gasteiger partial charge in [0.05, 0.1) is 5.75 Å². The second-order valence-electron chi connectivity index (χ2n) is 6.99. The molecule has 1 aromatic rings. The molecular weight excluding hydrogens is 330 g/mol. The van der Waals surface area contributed by atoms with Crippen molar-refractivity contribution in [3.63, 3.8) is 0 Å². The summed E-state index contributed by atoms with van der Waals surface area (Å²) in [5.74, 6) is 2.25. The van der Waals surface area contributed by atoms with Crippen molar-refractivity contribution in [1.82, 2.24) is 20.0 Å². The van der Waals surface area contributed by atoms with Crippen molar-refractivity contribution in [3.8, 4) is 0 Å². The molecule has 3 saturated heterocycles. The molecule has 4 heterocycles. The summed E-state index contributed by atoms with van der Waals surface area (Å²) in [6, 6.07) is 0.570. The number of carbonyl (C=O) groups is 1. The second kappa shape index (κ2) is 6.57. The highest BCUT2D eigenvalue weighted by atomic mass is 32.2. The fourth-order valence-electron chi connectivity index (χ4n) is 3.73. The van der Waals surface area contributed by atoms with Gasteiger partial charge in [-0.1, -0.05) is 23.1 Å². The largest absolute Gasteiger partial charge is 0.374 e. The molecule has 1 aliphatic carbocycles. The second-order valence-corrected chi connectivity index (χ2v) is 9.22. The summed E-state index contributed by atoms with van der Waals surface area (Å²) < 4.78 is 0.781. The Kier molecular flexibility index (Phi) is 4.47. The molecule has 4 fully saturated rings. The number of carbonyl (C=O) groups excluding carboxylic acids is 1. The predicted molar refractivity (Wildman–Crippen MR) is 92.4 cm³/mol. The van der Waals surface area contributed by atoms with Gasteiger partial charge in [0.2, 0.25) is 11.0 Å². The van der Waals surface area contributed by atoms with Gasteiger partial charge < -0.3 is 10.6 Å². The number of nitrogens with two attached hydrogens (primary N) is 1. The first kappa shape index (κ1) is 15.7. The highest BCUT2D eigenvalue weighted by Crippen LogP contribution is 2.35. The van der Waals surface area contributed by atoms with Crippen molar-refractivity contribution in [1.29, 1.82) is 0 Å². The van der Waals surface area contributed by atoms with Crippen LogP contribution in [0.4, 0.5) is 5.13 Å². The van der Waals surface area contributed by atoms with Gasteiger partial charge in [-0.3, -0.25) is 9.69 Å². The standard InChI is InChI=1S/C15H23N5OS2/c16-14-17-18-15(23-14)22-9-13(21)20-7-11-3-4-12(8-20)19(6-11)5-10-1-2-10/h10-12H,1-9H2,(H2,16,17)/t11-,12-/m1/s1. The van der Waals surface area contributed by atoms with Gasteiger partial charge in [0, 0.05) is 32.2 Å². The van der Waals surface area contributed by atoms with Crippen molar-refractivity contribution in [2.24, 2.45) is 11.8 Å². The van der Waals surface area contributed by atoms with Crippen LogP contribution in [0.3, 0.4) is 0 Å². The van der Waals surface area contributed by atoms with Crippen LogP contribution in [-0.2, 0) is 4.79 Å². The van der Waals surface area contributed by atoms with Crippen molar-refractivity contribution in [2.45, 2.75) is 36.1 Å². The Balaban J connectivity index is 1.34. The van der Waals surface area contributed by atoms with E-state index in [2.05, 4.69) is 20.0 Å². The molecule has 2 N–H and O–H groups in total. The van der Waals surface area contributed by atoms with E-state index in [9.17, 15) is 4.79 Å². The Morgan fingerprint density at radius 2 is 2.09 bits per heavy atom. The lowest BCUT2D eigenvalue weighted by atomic mass is 9.95. The zero-order chi connectivity index (χ0) is 15.8. The maximum atomic E-state index is 12.6. The molecule has 0 unspecified atom stereocenters. The van der Waals surface area contributed by atoms with Crippen LogP contribution in [0.2, 0.25) is 0 Å². The Labute approximate surface area is 144 Å². The SMILES string of the molecule is Nc1nnc(SCC(=O)N2C[C@@H]3CC[C@H](C2)N(CC2CC2)C3)s1. The number of rotatable bonds is 5. The summed E-state index contributed by atoms with van der Waals surface area (Å²) in [5, 5.41) is 8.23. The molecule has 0 radical (unpaired) electrons. The van der Waals surface area contributed by atoms with Gasteiger partial charge in [0.25, 0.3) is 0 Å². The van der Waals surface area contributed by atoms with Crippen LogP contribution in [0.5, 0.6) is 0 Å². The van der Waals surface area contributed by atoms with Crippen LogP contribution < -0.4 is 5.73 Å². The van der Waals surface area contributed by atoms with Gasteiger partial charge in [-0.05, 0) is 37.5 Å². The summed E-state index contributed by atoms with van der Waals surface area (Å²) >= 11 is 2.80. The minimum absolute atomic E-state index is 0.231. The van der Waals surface area contributed by atoms with Crippen LogP contribution in [0.25, 0.3) is 0 Å². The topological polar surface area (TPSA) is 75.3 Å². The third-order valence-electron chi connectivity index (χ3n) is 5.11. The zero-order valence-electron chi connectivity index (χ0n) is 13.2. The maximum Gasteiger partial charge on any atom is 0.233 e. The maximum absolute atomic E-state index is 12.6. The monoisotopic (exact) mass is 353 g/mol. The number of hydrogen-bond donors (Lipinski definition) is 1. The van der Waals surface area contributed by atoms with E-state index in [1.54, 1.807) is 0 Å². The number of aromatic nitrogens is 2. The van der Waals surface area contributed by atoms with E-state index in [1.807, 2.05) is 0 Å². The molecule has 3 aliphatic heterocycles. The number of piperidine rings is 1. The Bertz CT molecular complexity index is 576. The minimum atomic E-state index is 0.231. The fraction of sp³-hybridized carbons (Fsp3) is 0.800. The lowest BCUT2D eigenvalue weighted by molar-refractivity contribution is -0.128. The average molecular weight is 354 g/mol. The molecule has 1 saturated carbocycles. The number of nitrogen functional groups attached to an aromatic ring is 1. The molecule has 2 bridgehead atoms. The van der Waals surface area contributed by atoms with E-state index in [1.165, 1.54) is 61.9 Å². The van der Waals surface area contributed by atoms with E-state index in [0.29, 0.717) is 22.8 Å². The third kappa shape index (κ3) is 3.80. The molecule has 2 atom stereocenters. The van der Waals surface area contributed by atoms with E-state index in [0.717, 1.165) is 23.3 Å². The first-order valence-corrected chi connectivity index (χ1v) is 10.2. The lowest BCUT2D eigenvalue weighted by Gasteiger charge is -2.36. The first-order valence-electron chi connectivity index (χ1n) is 8.41. The molecule has 1 amide bonds. The molecule has 6 nitrogen and oxygen atoms in total. The Hall–Kier alpha value is -0.860. The van der Waals surface area contributed by atoms with E-state index >= 15 is 0 Å². The quantitative estimate of drug-likeness (QED) is 0.810. The molecule has 1 aromatic heterocycles. The van der Waals surface area contributed by atoms with Crippen LogP contribution in [0.15, 0.2) is 4.34 Å². The summed E-state index contributed by atoms with van der Waals surface area (Å²) in [7, 11) is 0. The van der Waals surface area contributed by atoms with Gasteiger partial charge in [-0.2, -0.15) is 0 Å². The normalized spacial score (nSPS) is 28.1. The first-order chi connectivity index (χ1) is 11.2. The smallest absolute Gasteiger partial charge is 0.233 e. The van der Waals surface area contributed by atoms with Crippen LogP contribution >= 0.6 is 23.1 Å². The van der Waals surface area contributed by atoms with Crippen LogP contribution in [0, 0.1) is 11.8 Å². The van der Waals surface area contributed by atoms with Crippen molar-refractivity contribution in [3.05, 3.63) is 0 Å². The average Bonchev–Trinajstić information content (AvgIpc) is 3.31. The molecular formula is C15H23N5OS2. The van der Waals surface area contributed by atoms with Crippen molar-refractivity contribution in [2.75, 3.05) is 37.7 Å². The Morgan fingerprint density at radius 1 is 1.22 bits per heavy atom. The molecule has 0 aromatic carbocycles. The highest BCUT2D eigenvalue weighted by molar-refractivity contribution is 8.01. The number of nitrogens with zero attached hydrogens (tertiary/aromatic N) is 4. The van der Waals surface area contributed by atoms with Gasteiger partial charge in [0.15, 0.2) is 4.34 Å². The van der Waals surface area contributed by atoms with Gasteiger partial charge in [0.1, 0.15) is 0 Å². The number of amides is 1. The van der Waals surface area contributed by atoms with Gasteiger partial charge in [-0.25, -0.2) is 0 Å². The molecule has 0 spiro atoms. The molecule has 5 rings (SSSR count). The molecule has 4 aliphatic rings. The summed E-state index contributed by atoms with van der Waals surface area (Å²) in [6.07, 6.45) is 5.33. The lowest BCUT2D eigenvalue weighted by Crippen LogP contribution is -2.45. The van der Waals surface area contributed by atoms with E-state index < -0.39 is 0 Å². The zero-order valence-corrected chi connectivity index (χ0v) is 14.8. The fourth-order valence-corrected chi connectivity index (χ4v) is 5.27. The van der Waals surface area contributed by atoms with Gasteiger partial charge in [-0.15, -0.1) is 10.2 Å². The summed E-state index contributed by atoms with van der Waals surface area (Å²) in [6.45, 7) is 4.27. The highest BCUT2D eigenvalue weighted by Gasteiger charge is 2.38. The van der Waals surface area contributed by atoms with E-state index in [4.69, 9.17) is 5.73 Å². The van der Waals surface area contributed by atoms with Crippen molar-refractivity contribution >= 4 is 34.1 Å². The molecule has 126 valence electrons. The number of thioether (sulfide) groups is 1. The van der Waals surface area contributed by atoms with Crippen LogP contribution in [0.1, 0.15) is 25.7 Å². The van der Waals surface area contributed by atoms with Crippen LogP contribution in [-0.4, -0.2) is 63.9 Å². The molecule has 23 heavy (non-hydrogen) atoms. The summed E-state index contributed by atoms with van der Waals surface area (Å²) in [4.78, 5) is 17.4. The predicted octanol–water partition coefficient (Wildman–Crippen LogP) is 1.55.